The Morgan fingerprint density at radius 2 is 2.17 bits per heavy atom. The molecule has 0 saturated carbocycles. The van der Waals surface area contributed by atoms with Crippen LogP contribution in [-0.2, 0) is 11.3 Å². The molecule has 0 radical (unpaired) electrons. The summed E-state index contributed by atoms with van der Waals surface area (Å²) in [6, 6.07) is 2.49. The van der Waals surface area contributed by atoms with Gasteiger partial charge in [-0.3, -0.25) is 4.79 Å². The number of nitrogens with one attached hydrogen (secondary N) is 2. The van der Waals surface area contributed by atoms with Gasteiger partial charge in [0.25, 0.3) is 0 Å². The molecule has 0 fully saturated rings. The van der Waals surface area contributed by atoms with E-state index >= 15 is 0 Å². The highest BCUT2D eigenvalue weighted by Gasteiger charge is 2.14. The van der Waals surface area contributed by atoms with E-state index in [2.05, 4.69) is 41.3 Å². The lowest BCUT2D eigenvalue weighted by Crippen LogP contribution is -2.23. The molecule has 0 bridgehead atoms. The fraction of sp³-hybridized carbons (Fsp3) is 0.643. The van der Waals surface area contributed by atoms with Crippen molar-refractivity contribution in [1.29, 1.82) is 0 Å². The quantitative estimate of drug-likeness (QED) is 0.778. The second kappa shape index (κ2) is 7.21. The van der Waals surface area contributed by atoms with E-state index in [9.17, 15) is 4.79 Å². The van der Waals surface area contributed by atoms with Gasteiger partial charge in [0, 0.05) is 37.9 Å². The van der Waals surface area contributed by atoms with Crippen molar-refractivity contribution in [3.05, 3.63) is 24.0 Å². The second-order valence-electron chi connectivity index (χ2n) is 4.90. The summed E-state index contributed by atoms with van der Waals surface area (Å²) in [4.78, 5) is 11.4. The Kier molecular flexibility index (Phi) is 5.92. The molecule has 2 N–H and O–H groups in total. The van der Waals surface area contributed by atoms with Crippen LogP contribution in [0.25, 0.3) is 0 Å². The number of carbonyl (C=O) groups excluding carboxylic acids is 1. The van der Waals surface area contributed by atoms with Crippen molar-refractivity contribution >= 4 is 5.91 Å². The van der Waals surface area contributed by atoms with Crippen LogP contribution in [0, 0.1) is 5.92 Å². The molecule has 0 aromatic carbocycles. The molecule has 1 aromatic heterocycles. The van der Waals surface area contributed by atoms with Crippen LogP contribution in [0.3, 0.4) is 0 Å². The van der Waals surface area contributed by atoms with Crippen molar-refractivity contribution < 1.29 is 4.79 Å². The summed E-state index contributed by atoms with van der Waals surface area (Å²) in [5.41, 5.74) is 1.28. The number of rotatable bonds is 7. The fourth-order valence-corrected chi connectivity index (χ4v) is 2.18. The lowest BCUT2D eigenvalue weighted by atomic mass is 9.99. The standard InChI is InChI=1S/C14H25N3O/c1-5-16-13(18)7-9-17-8-6-12(10-17)14(15-4)11(2)3/h6,8,10-11,14-15H,5,7,9H2,1-4H3,(H,16,18). The molecule has 1 atom stereocenters. The molecule has 1 rings (SSSR count). The van der Waals surface area contributed by atoms with Gasteiger partial charge in [-0.05, 0) is 31.5 Å². The van der Waals surface area contributed by atoms with Crippen LogP contribution in [0.5, 0.6) is 0 Å². The maximum atomic E-state index is 11.4. The van der Waals surface area contributed by atoms with Gasteiger partial charge in [0.2, 0.25) is 5.91 Å². The van der Waals surface area contributed by atoms with Crippen LogP contribution >= 0.6 is 0 Å². The van der Waals surface area contributed by atoms with Crippen LogP contribution in [0.4, 0.5) is 0 Å². The predicted octanol–water partition coefficient (Wildman–Crippen LogP) is 1.93. The molecule has 1 unspecified atom stereocenters. The van der Waals surface area contributed by atoms with E-state index in [0.717, 1.165) is 6.54 Å². The van der Waals surface area contributed by atoms with Crippen molar-refractivity contribution in [3.8, 4) is 0 Å². The highest BCUT2D eigenvalue weighted by molar-refractivity contribution is 5.75. The van der Waals surface area contributed by atoms with E-state index < -0.39 is 0 Å². The molecule has 18 heavy (non-hydrogen) atoms. The Balaban J connectivity index is 2.55. The first kappa shape index (κ1) is 14.8. The second-order valence-corrected chi connectivity index (χ2v) is 4.90. The van der Waals surface area contributed by atoms with Crippen LogP contribution in [0.2, 0.25) is 0 Å². The van der Waals surface area contributed by atoms with Crippen molar-refractivity contribution in [2.45, 2.75) is 39.8 Å². The summed E-state index contributed by atoms with van der Waals surface area (Å²) in [6.45, 7) is 7.78. The molecule has 1 heterocycles. The molecular formula is C14H25N3O. The maximum Gasteiger partial charge on any atom is 0.221 e. The van der Waals surface area contributed by atoms with Gasteiger partial charge in [-0.1, -0.05) is 13.8 Å². The Labute approximate surface area is 110 Å². The van der Waals surface area contributed by atoms with E-state index in [1.165, 1.54) is 5.56 Å². The average molecular weight is 251 g/mol. The van der Waals surface area contributed by atoms with Crippen LogP contribution in [-0.4, -0.2) is 24.1 Å². The Morgan fingerprint density at radius 1 is 1.44 bits per heavy atom. The molecule has 1 amide bonds. The minimum Gasteiger partial charge on any atom is -0.356 e. The average Bonchev–Trinajstić information content (AvgIpc) is 2.76. The monoisotopic (exact) mass is 251 g/mol. The van der Waals surface area contributed by atoms with Gasteiger partial charge < -0.3 is 15.2 Å². The largest absolute Gasteiger partial charge is 0.356 e. The lowest BCUT2D eigenvalue weighted by Gasteiger charge is -2.18. The van der Waals surface area contributed by atoms with Crippen molar-refractivity contribution in [3.63, 3.8) is 0 Å². The molecule has 0 aliphatic heterocycles. The van der Waals surface area contributed by atoms with Gasteiger partial charge in [0.15, 0.2) is 0 Å². The minimum absolute atomic E-state index is 0.113. The molecule has 102 valence electrons. The first-order valence-corrected chi connectivity index (χ1v) is 6.68. The number of aryl methyl sites for hydroxylation is 1. The molecule has 0 spiro atoms. The van der Waals surface area contributed by atoms with Crippen LogP contribution in [0.1, 0.15) is 38.8 Å². The third-order valence-corrected chi connectivity index (χ3v) is 3.08. The number of nitrogens with zero attached hydrogens (tertiary/aromatic N) is 1. The summed E-state index contributed by atoms with van der Waals surface area (Å²) < 4.78 is 2.08. The SMILES string of the molecule is CCNC(=O)CCn1ccc(C(NC)C(C)C)c1. The Bertz CT molecular complexity index is 371. The van der Waals surface area contributed by atoms with E-state index in [0.29, 0.717) is 24.9 Å². The molecule has 0 aliphatic carbocycles. The van der Waals surface area contributed by atoms with Crippen molar-refractivity contribution in [2.75, 3.05) is 13.6 Å². The van der Waals surface area contributed by atoms with Gasteiger partial charge in [0.1, 0.15) is 0 Å². The zero-order valence-corrected chi connectivity index (χ0v) is 11.9. The molecular weight excluding hydrogens is 226 g/mol. The number of carbonyl (C=O) groups is 1. The zero-order valence-electron chi connectivity index (χ0n) is 11.9. The summed E-state index contributed by atoms with van der Waals surface area (Å²) in [5.74, 6) is 0.663. The molecule has 1 aromatic rings. The topological polar surface area (TPSA) is 46.1 Å². The summed E-state index contributed by atoms with van der Waals surface area (Å²) in [7, 11) is 1.98. The molecule has 0 aliphatic rings. The van der Waals surface area contributed by atoms with E-state index in [-0.39, 0.29) is 5.91 Å². The van der Waals surface area contributed by atoms with Gasteiger partial charge >= 0.3 is 0 Å². The maximum absolute atomic E-state index is 11.4. The van der Waals surface area contributed by atoms with Crippen molar-refractivity contribution in [2.24, 2.45) is 5.92 Å². The number of hydrogen-bond acceptors (Lipinski definition) is 2. The third kappa shape index (κ3) is 4.18. The van der Waals surface area contributed by atoms with E-state index in [1.54, 1.807) is 0 Å². The summed E-state index contributed by atoms with van der Waals surface area (Å²) in [6.07, 6.45) is 4.70. The third-order valence-electron chi connectivity index (χ3n) is 3.08. The summed E-state index contributed by atoms with van der Waals surface area (Å²) in [5, 5.41) is 6.13. The highest BCUT2D eigenvalue weighted by Crippen LogP contribution is 2.21. The van der Waals surface area contributed by atoms with Gasteiger partial charge in [0.05, 0.1) is 0 Å². The van der Waals surface area contributed by atoms with Gasteiger partial charge in [-0.2, -0.15) is 0 Å². The van der Waals surface area contributed by atoms with Crippen LogP contribution < -0.4 is 10.6 Å². The summed E-state index contributed by atoms with van der Waals surface area (Å²) >= 11 is 0. The zero-order chi connectivity index (χ0) is 13.5. The number of amides is 1. The van der Waals surface area contributed by atoms with E-state index in [4.69, 9.17) is 0 Å². The fourth-order valence-electron chi connectivity index (χ4n) is 2.18. The minimum atomic E-state index is 0.113. The lowest BCUT2D eigenvalue weighted by molar-refractivity contribution is -0.121. The van der Waals surface area contributed by atoms with Crippen LogP contribution in [0.15, 0.2) is 18.5 Å². The molecule has 0 saturated heterocycles. The first-order valence-electron chi connectivity index (χ1n) is 6.68. The van der Waals surface area contributed by atoms with Gasteiger partial charge in [-0.25, -0.2) is 0 Å². The molecule has 4 nitrogen and oxygen atoms in total. The van der Waals surface area contributed by atoms with Crippen molar-refractivity contribution in [1.82, 2.24) is 15.2 Å². The number of aromatic nitrogens is 1. The van der Waals surface area contributed by atoms with Gasteiger partial charge in [-0.15, -0.1) is 0 Å². The number of hydrogen-bond donors (Lipinski definition) is 2. The van der Waals surface area contributed by atoms with E-state index in [1.807, 2.05) is 20.2 Å². The normalized spacial score (nSPS) is 12.7. The highest BCUT2D eigenvalue weighted by atomic mass is 16.1. The first-order chi connectivity index (χ1) is 8.58. The Hall–Kier alpha value is -1.29. The Morgan fingerprint density at radius 3 is 2.72 bits per heavy atom. The molecule has 4 heteroatoms. The predicted molar refractivity (Wildman–Crippen MR) is 74.4 cm³/mol. The smallest absolute Gasteiger partial charge is 0.221 e.